The Morgan fingerprint density at radius 1 is 1.52 bits per heavy atom. The van der Waals surface area contributed by atoms with E-state index in [1.165, 1.54) is 11.0 Å². The van der Waals surface area contributed by atoms with E-state index >= 15 is 0 Å². The summed E-state index contributed by atoms with van der Waals surface area (Å²) in [7, 11) is 1.58. The molecule has 1 aliphatic heterocycles. The fourth-order valence-corrected chi connectivity index (χ4v) is 2.30. The number of nitriles is 1. The number of morpholine rings is 1. The number of nitrogens with zero attached hydrogens (tertiary/aromatic N) is 2. The Balaban J connectivity index is 2.11. The van der Waals surface area contributed by atoms with E-state index in [2.05, 4.69) is 6.07 Å². The van der Waals surface area contributed by atoms with Gasteiger partial charge in [-0.25, -0.2) is 0 Å². The Kier molecular flexibility index (Phi) is 6.01. The first-order valence-corrected chi connectivity index (χ1v) is 7.46. The Morgan fingerprint density at radius 3 is 3.04 bits per heavy atom. The Morgan fingerprint density at radius 2 is 2.35 bits per heavy atom. The summed E-state index contributed by atoms with van der Waals surface area (Å²) in [5.41, 5.74) is 0.823. The Hall–Kier alpha value is -2.52. The average Bonchev–Trinajstić information content (AvgIpc) is 2.60. The van der Waals surface area contributed by atoms with E-state index in [4.69, 9.17) is 19.5 Å². The molecule has 1 unspecified atom stereocenters. The van der Waals surface area contributed by atoms with E-state index in [1.54, 1.807) is 19.3 Å². The van der Waals surface area contributed by atoms with Gasteiger partial charge in [0.05, 0.1) is 33.0 Å². The van der Waals surface area contributed by atoms with E-state index in [1.807, 2.05) is 19.1 Å². The van der Waals surface area contributed by atoms with Gasteiger partial charge in [-0.05, 0) is 30.7 Å². The molecule has 1 fully saturated rings. The molecule has 2 rings (SSSR count). The fourth-order valence-electron chi connectivity index (χ4n) is 2.30. The van der Waals surface area contributed by atoms with E-state index in [9.17, 15) is 4.79 Å². The van der Waals surface area contributed by atoms with Crippen molar-refractivity contribution in [3.05, 3.63) is 29.8 Å². The molecule has 1 heterocycles. The zero-order valence-corrected chi connectivity index (χ0v) is 13.3. The molecule has 23 heavy (non-hydrogen) atoms. The van der Waals surface area contributed by atoms with Crippen LogP contribution in [-0.4, -0.2) is 50.3 Å². The molecular weight excluding hydrogens is 296 g/mol. The fraction of sp³-hybridized carbons (Fsp3) is 0.412. The highest BCUT2D eigenvalue weighted by Crippen LogP contribution is 2.28. The van der Waals surface area contributed by atoms with Crippen LogP contribution in [0.15, 0.2) is 24.3 Å². The summed E-state index contributed by atoms with van der Waals surface area (Å²) in [5.74, 6) is 1.08. The minimum Gasteiger partial charge on any atom is -0.493 e. The van der Waals surface area contributed by atoms with Gasteiger partial charge in [0, 0.05) is 12.6 Å². The molecule has 1 atom stereocenters. The molecule has 0 bridgehead atoms. The second-order valence-corrected chi connectivity index (χ2v) is 4.93. The standard InChI is InChI=1S/C17H20N2O4/c1-3-23-16-10-13(4-6-15(16)21-2)5-7-17(20)19-8-9-22-12-14(19)11-18/h4-7,10,14H,3,8-9,12H2,1-2H3. The Labute approximate surface area is 135 Å². The van der Waals surface area contributed by atoms with Gasteiger partial charge in [0.2, 0.25) is 5.91 Å². The molecule has 0 N–H and O–H groups in total. The maximum atomic E-state index is 12.3. The van der Waals surface area contributed by atoms with Crippen LogP contribution in [0, 0.1) is 11.3 Å². The van der Waals surface area contributed by atoms with Crippen LogP contribution < -0.4 is 9.47 Å². The summed E-state index contributed by atoms with van der Waals surface area (Å²) < 4.78 is 16.0. The van der Waals surface area contributed by atoms with E-state index in [-0.39, 0.29) is 12.5 Å². The van der Waals surface area contributed by atoms with Gasteiger partial charge in [-0.15, -0.1) is 0 Å². The summed E-state index contributed by atoms with van der Waals surface area (Å²) in [6.07, 6.45) is 3.17. The van der Waals surface area contributed by atoms with E-state index in [0.717, 1.165) is 5.56 Å². The van der Waals surface area contributed by atoms with Crippen molar-refractivity contribution >= 4 is 12.0 Å². The van der Waals surface area contributed by atoms with Gasteiger partial charge in [0.25, 0.3) is 0 Å². The van der Waals surface area contributed by atoms with Crippen molar-refractivity contribution in [2.45, 2.75) is 13.0 Å². The molecular formula is C17H20N2O4. The van der Waals surface area contributed by atoms with Crippen molar-refractivity contribution in [1.29, 1.82) is 5.26 Å². The molecule has 0 radical (unpaired) electrons. The number of amides is 1. The number of ether oxygens (including phenoxy) is 3. The number of benzene rings is 1. The first-order valence-electron chi connectivity index (χ1n) is 7.46. The molecule has 1 aliphatic rings. The van der Waals surface area contributed by atoms with E-state index in [0.29, 0.717) is 31.3 Å². The molecule has 1 saturated heterocycles. The normalized spacial score (nSPS) is 17.8. The van der Waals surface area contributed by atoms with Crippen LogP contribution in [0.5, 0.6) is 11.5 Å². The number of carbonyl (C=O) groups excluding carboxylic acids is 1. The molecule has 1 aromatic rings. The maximum absolute atomic E-state index is 12.3. The van der Waals surface area contributed by atoms with Crippen molar-refractivity contribution in [3.8, 4) is 17.6 Å². The summed E-state index contributed by atoms with van der Waals surface area (Å²) in [4.78, 5) is 13.8. The summed E-state index contributed by atoms with van der Waals surface area (Å²) >= 11 is 0. The van der Waals surface area contributed by atoms with Gasteiger partial charge < -0.3 is 19.1 Å². The smallest absolute Gasteiger partial charge is 0.247 e. The SMILES string of the molecule is CCOc1cc(C=CC(=O)N2CCOCC2C#N)ccc1OC. The van der Waals surface area contributed by atoms with Gasteiger partial charge in [0.15, 0.2) is 11.5 Å². The maximum Gasteiger partial charge on any atom is 0.247 e. The van der Waals surface area contributed by atoms with Gasteiger partial charge >= 0.3 is 0 Å². The number of rotatable bonds is 5. The van der Waals surface area contributed by atoms with E-state index < -0.39 is 6.04 Å². The van der Waals surface area contributed by atoms with Crippen LogP contribution in [0.1, 0.15) is 12.5 Å². The molecule has 6 nitrogen and oxygen atoms in total. The third-order valence-corrected chi connectivity index (χ3v) is 3.47. The van der Waals surface area contributed by atoms with Gasteiger partial charge in [0.1, 0.15) is 6.04 Å². The lowest BCUT2D eigenvalue weighted by Gasteiger charge is -2.30. The first-order chi connectivity index (χ1) is 11.2. The van der Waals surface area contributed by atoms with Crippen molar-refractivity contribution in [1.82, 2.24) is 4.90 Å². The Bertz CT molecular complexity index is 622. The minimum absolute atomic E-state index is 0.200. The van der Waals surface area contributed by atoms with Gasteiger partial charge in [-0.2, -0.15) is 5.26 Å². The van der Waals surface area contributed by atoms with Crippen molar-refractivity contribution in [2.75, 3.05) is 33.5 Å². The number of carbonyl (C=O) groups is 1. The highest BCUT2D eigenvalue weighted by molar-refractivity contribution is 5.92. The molecule has 122 valence electrons. The second-order valence-electron chi connectivity index (χ2n) is 4.93. The number of hydrogen-bond donors (Lipinski definition) is 0. The van der Waals surface area contributed by atoms with Crippen LogP contribution in [0.3, 0.4) is 0 Å². The third kappa shape index (κ3) is 4.24. The molecule has 0 spiro atoms. The zero-order valence-electron chi connectivity index (χ0n) is 13.3. The first kappa shape index (κ1) is 16.8. The zero-order chi connectivity index (χ0) is 16.7. The lowest BCUT2D eigenvalue weighted by molar-refractivity contribution is -0.132. The van der Waals surface area contributed by atoms with Gasteiger partial charge in [-0.3, -0.25) is 4.79 Å². The van der Waals surface area contributed by atoms with Crippen molar-refractivity contribution < 1.29 is 19.0 Å². The molecule has 0 aliphatic carbocycles. The van der Waals surface area contributed by atoms with Crippen molar-refractivity contribution in [2.24, 2.45) is 0 Å². The summed E-state index contributed by atoms with van der Waals surface area (Å²) in [6.45, 7) is 3.56. The largest absolute Gasteiger partial charge is 0.493 e. The topological polar surface area (TPSA) is 71.8 Å². The lowest BCUT2D eigenvalue weighted by Crippen LogP contribution is -2.47. The second kappa shape index (κ2) is 8.20. The summed E-state index contributed by atoms with van der Waals surface area (Å²) in [5, 5.41) is 9.07. The van der Waals surface area contributed by atoms with Crippen LogP contribution in [0.4, 0.5) is 0 Å². The molecule has 0 saturated carbocycles. The lowest BCUT2D eigenvalue weighted by atomic mass is 10.1. The number of methoxy groups -OCH3 is 1. The minimum atomic E-state index is -0.532. The highest BCUT2D eigenvalue weighted by atomic mass is 16.5. The third-order valence-electron chi connectivity index (χ3n) is 3.47. The summed E-state index contributed by atoms with van der Waals surface area (Å²) in [6, 6.07) is 7.00. The van der Waals surface area contributed by atoms with Crippen LogP contribution in [0.2, 0.25) is 0 Å². The molecule has 1 aromatic carbocycles. The predicted molar refractivity (Wildman–Crippen MR) is 85.1 cm³/mol. The molecule has 0 aromatic heterocycles. The van der Waals surface area contributed by atoms with Crippen molar-refractivity contribution in [3.63, 3.8) is 0 Å². The quantitative estimate of drug-likeness (QED) is 0.775. The molecule has 1 amide bonds. The highest BCUT2D eigenvalue weighted by Gasteiger charge is 2.25. The average molecular weight is 316 g/mol. The van der Waals surface area contributed by atoms with Crippen LogP contribution >= 0.6 is 0 Å². The predicted octanol–water partition coefficient (Wildman–Crippen LogP) is 1.86. The van der Waals surface area contributed by atoms with Gasteiger partial charge in [-0.1, -0.05) is 6.07 Å². The van der Waals surface area contributed by atoms with Crippen LogP contribution in [0.25, 0.3) is 6.08 Å². The monoisotopic (exact) mass is 316 g/mol. The molecule has 6 heteroatoms. The number of hydrogen-bond acceptors (Lipinski definition) is 5. The van der Waals surface area contributed by atoms with Crippen LogP contribution in [-0.2, 0) is 9.53 Å².